The van der Waals surface area contributed by atoms with E-state index in [9.17, 15) is 5.11 Å². The van der Waals surface area contributed by atoms with Gasteiger partial charge < -0.3 is 14.9 Å². The second-order valence-electron chi connectivity index (χ2n) is 3.60. The van der Waals surface area contributed by atoms with Crippen LogP contribution in [-0.4, -0.2) is 22.3 Å². The van der Waals surface area contributed by atoms with Gasteiger partial charge in [0.05, 0.1) is 19.4 Å². The molecule has 2 aromatic rings. The number of ether oxygens (including phenoxy) is 1. The topological polar surface area (TPSA) is 62.6 Å². The number of aliphatic hydroxyl groups is 1. The van der Waals surface area contributed by atoms with Crippen molar-refractivity contribution < 1.29 is 14.9 Å². The number of nitrogens with zero attached hydrogens (tertiary/aromatic N) is 1. The third kappa shape index (κ3) is 1.67. The largest absolute Gasteiger partial charge is 0.508 e. The molecule has 0 bridgehead atoms. The van der Waals surface area contributed by atoms with Crippen molar-refractivity contribution in [2.24, 2.45) is 0 Å². The van der Waals surface area contributed by atoms with E-state index in [4.69, 9.17) is 9.84 Å². The Balaban J connectivity index is 2.82. The number of aliphatic hydroxyl groups excluding tert-OH is 1. The monoisotopic (exact) mass is 219 g/mol. The first-order valence-electron chi connectivity index (χ1n) is 4.94. The molecule has 0 atom stereocenters. The molecule has 0 saturated carbocycles. The molecule has 0 amide bonds. The van der Waals surface area contributed by atoms with Crippen molar-refractivity contribution in [3.63, 3.8) is 0 Å². The van der Waals surface area contributed by atoms with Crippen LogP contribution >= 0.6 is 0 Å². The molecule has 0 radical (unpaired) electrons. The number of benzene rings is 1. The average Bonchev–Trinajstić information content (AvgIpc) is 2.26. The third-order valence-electron chi connectivity index (χ3n) is 2.49. The highest BCUT2D eigenvalue weighted by molar-refractivity contribution is 5.91. The molecule has 1 aromatic heterocycles. The van der Waals surface area contributed by atoms with Crippen molar-refractivity contribution in [2.45, 2.75) is 13.5 Å². The van der Waals surface area contributed by atoms with Crippen molar-refractivity contribution in [2.75, 3.05) is 7.11 Å². The van der Waals surface area contributed by atoms with E-state index in [1.807, 2.05) is 6.92 Å². The van der Waals surface area contributed by atoms with E-state index in [0.29, 0.717) is 11.4 Å². The lowest BCUT2D eigenvalue weighted by atomic mass is 10.1. The number of phenols is 1. The Morgan fingerprint density at radius 3 is 2.69 bits per heavy atom. The first kappa shape index (κ1) is 10.7. The molecule has 0 aliphatic heterocycles. The standard InChI is InChI=1S/C12H13NO3/c1-7-12-8(3-9(6-14)13-7)4-10(15)5-11(12)16-2/h3-5,14-15H,6H2,1-2H3. The Hall–Kier alpha value is -1.81. The summed E-state index contributed by atoms with van der Waals surface area (Å²) in [6.07, 6.45) is 0. The molecular weight excluding hydrogens is 206 g/mol. The fourth-order valence-electron chi connectivity index (χ4n) is 1.85. The van der Waals surface area contributed by atoms with Crippen molar-refractivity contribution in [3.05, 3.63) is 29.6 Å². The van der Waals surface area contributed by atoms with Crippen LogP contribution in [0, 0.1) is 6.92 Å². The highest BCUT2D eigenvalue weighted by Crippen LogP contribution is 2.32. The molecular formula is C12H13NO3. The summed E-state index contributed by atoms with van der Waals surface area (Å²) in [4.78, 5) is 4.25. The number of hydrogen-bond acceptors (Lipinski definition) is 4. The fraction of sp³-hybridized carbons (Fsp3) is 0.250. The maximum atomic E-state index is 9.53. The highest BCUT2D eigenvalue weighted by atomic mass is 16.5. The van der Waals surface area contributed by atoms with E-state index in [1.54, 1.807) is 25.3 Å². The molecule has 84 valence electrons. The first-order valence-corrected chi connectivity index (χ1v) is 4.94. The Kier molecular flexibility index (Phi) is 2.66. The average molecular weight is 219 g/mol. The summed E-state index contributed by atoms with van der Waals surface area (Å²) >= 11 is 0. The SMILES string of the molecule is COc1cc(O)cc2cc(CO)nc(C)c12. The Labute approximate surface area is 93.1 Å². The van der Waals surface area contributed by atoms with Gasteiger partial charge in [-0.2, -0.15) is 0 Å². The van der Waals surface area contributed by atoms with Gasteiger partial charge in [0.2, 0.25) is 0 Å². The predicted octanol–water partition coefficient (Wildman–Crippen LogP) is 1.75. The van der Waals surface area contributed by atoms with Crippen molar-refractivity contribution >= 4 is 10.8 Å². The summed E-state index contributed by atoms with van der Waals surface area (Å²) in [6, 6.07) is 4.92. The van der Waals surface area contributed by atoms with E-state index in [1.165, 1.54) is 0 Å². The van der Waals surface area contributed by atoms with Gasteiger partial charge in [0, 0.05) is 17.1 Å². The zero-order valence-corrected chi connectivity index (χ0v) is 9.19. The van der Waals surface area contributed by atoms with E-state index in [0.717, 1.165) is 16.5 Å². The van der Waals surface area contributed by atoms with Gasteiger partial charge in [-0.25, -0.2) is 0 Å². The van der Waals surface area contributed by atoms with Crippen molar-refractivity contribution in [1.82, 2.24) is 4.98 Å². The first-order chi connectivity index (χ1) is 7.65. The van der Waals surface area contributed by atoms with Gasteiger partial charge in [-0.1, -0.05) is 0 Å². The minimum absolute atomic E-state index is 0.116. The van der Waals surface area contributed by atoms with Crippen LogP contribution in [0.25, 0.3) is 10.8 Å². The van der Waals surface area contributed by atoms with Crippen LogP contribution in [0.5, 0.6) is 11.5 Å². The van der Waals surface area contributed by atoms with Gasteiger partial charge in [0.25, 0.3) is 0 Å². The van der Waals surface area contributed by atoms with Crippen LogP contribution in [-0.2, 0) is 6.61 Å². The van der Waals surface area contributed by atoms with Gasteiger partial charge in [0.15, 0.2) is 0 Å². The van der Waals surface area contributed by atoms with Gasteiger partial charge >= 0.3 is 0 Å². The summed E-state index contributed by atoms with van der Waals surface area (Å²) in [7, 11) is 1.55. The number of aromatic nitrogens is 1. The molecule has 0 aliphatic carbocycles. The normalized spacial score (nSPS) is 10.7. The number of aryl methyl sites for hydroxylation is 1. The molecule has 0 spiro atoms. The second-order valence-corrected chi connectivity index (χ2v) is 3.60. The van der Waals surface area contributed by atoms with Gasteiger partial charge in [-0.3, -0.25) is 4.98 Å². The molecule has 2 rings (SSSR count). The van der Waals surface area contributed by atoms with Gasteiger partial charge in [0.1, 0.15) is 11.5 Å². The molecule has 0 saturated heterocycles. The second kappa shape index (κ2) is 3.98. The number of hydrogen-bond donors (Lipinski definition) is 2. The number of phenolic OH excluding ortho intramolecular Hbond substituents is 1. The lowest BCUT2D eigenvalue weighted by Crippen LogP contribution is -1.95. The van der Waals surface area contributed by atoms with E-state index < -0.39 is 0 Å². The van der Waals surface area contributed by atoms with Crippen molar-refractivity contribution in [3.8, 4) is 11.5 Å². The predicted molar refractivity (Wildman–Crippen MR) is 60.6 cm³/mol. The molecule has 16 heavy (non-hydrogen) atoms. The fourth-order valence-corrected chi connectivity index (χ4v) is 1.85. The zero-order chi connectivity index (χ0) is 11.7. The van der Waals surface area contributed by atoms with Gasteiger partial charge in [-0.15, -0.1) is 0 Å². The number of fused-ring (bicyclic) bond motifs is 1. The lowest BCUT2D eigenvalue weighted by Gasteiger charge is -2.10. The number of rotatable bonds is 2. The van der Waals surface area contributed by atoms with Crippen LogP contribution in [0.4, 0.5) is 0 Å². The van der Waals surface area contributed by atoms with E-state index >= 15 is 0 Å². The summed E-state index contributed by atoms with van der Waals surface area (Å²) < 4.78 is 5.20. The Morgan fingerprint density at radius 2 is 2.06 bits per heavy atom. The summed E-state index contributed by atoms with van der Waals surface area (Å²) in [5.74, 6) is 0.725. The number of aromatic hydroxyl groups is 1. The Bertz CT molecular complexity index is 537. The van der Waals surface area contributed by atoms with Gasteiger partial charge in [-0.05, 0) is 24.4 Å². The zero-order valence-electron chi connectivity index (χ0n) is 9.19. The molecule has 4 heteroatoms. The molecule has 1 heterocycles. The molecule has 1 aromatic carbocycles. The highest BCUT2D eigenvalue weighted by Gasteiger charge is 2.09. The maximum Gasteiger partial charge on any atom is 0.132 e. The van der Waals surface area contributed by atoms with Crippen LogP contribution in [0.1, 0.15) is 11.4 Å². The smallest absolute Gasteiger partial charge is 0.132 e. The Morgan fingerprint density at radius 1 is 1.31 bits per heavy atom. The van der Waals surface area contributed by atoms with Crippen LogP contribution in [0.3, 0.4) is 0 Å². The molecule has 2 N–H and O–H groups in total. The van der Waals surface area contributed by atoms with Crippen molar-refractivity contribution in [1.29, 1.82) is 0 Å². The van der Waals surface area contributed by atoms with Crippen LogP contribution in [0.2, 0.25) is 0 Å². The van der Waals surface area contributed by atoms with E-state index in [2.05, 4.69) is 4.98 Å². The number of pyridine rings is 1. The minimum atomic E-state index is -0.116. The molecule has 0 aliphatic rings. The van der Waals surface area contributed by atoms with Crippen LogP contribution < -0.4 is 4.74 Å². The molecule has 4 nitrogen and oxygen atoms in total. The maximum absolute atomic E-state index is 9.53. The van der Waals surface area contributed by atoms with Crippen LogP contribution in [0.15, 0.2) is 18.2 Å². The quantitative estimate of drug-likeness (QED) is 0.807. The third-order valence-corrected chi connectivity index (χ3v) is 2.49. The summed E-state index contributed by atoms with van der Waals surface area (Å²) in [5, 5.41) is 20.3. The van der Waals surface area contributed by atoms with E-state index in [-0.39, 0.29) is 12.4 Å². The minimum Gasteiger partial charge on any atom is -0.508 e. The molecule has 0 fully saturated rings. The lowest BCUT2D eigenvalue weighted by molar-refractivity contribution is 0.277. The summed E-state index contributed by atoms with van der Waals surface area (Å²) in [6.45, 7) is 1.73. The summed E-state index contributed by atoms with van der Waals surface area (Å²) in [5.41, 5.74) is 1.36. The number of methoxy groups -OCH3 is 1. The molecule has 0 unspecified atom stereocenters.